The molecule has 0 aromatic heterocycles. The third-order valence-electron chi connectivity index (χ3n) is 3.98. The van der Waals surface area contributed by atoms with Gasteiger partial charge in [0.1, 0.15) is 30.8 Å². The Bertz CT molecular complexity index is 1550. The van der Waals surface area contributed by atoms with Crippen LogP contribution in [0.1, 0.15) is 0 Å². The summed E-state index contributed by atoms with van der Waals surface area (Å²) in [5.74, 6) is -0.789. The molecule has 3 aromatic carbocycles. The normalized spacial score (nSPS) is 12.3. The monoisotopic (exact) mass is 532 g/mol. The standard InChI is InChI=1S/C16H12N2O10S3.2Na/c19-16-13-6-5-12(30(23,24)25)7-9(13)8-14(31(26,27)28)15(16)18-17-10-1-3-11(4-2-10)29(20,21)22;;/h1-8,19H,(H,20,21,22)(H,23,24,25)(H,26,27,28);;/q;2*+1/p-2. The average molecular weight is 532 g/mol. The van der Waals surface area contributed by atoms with Gasteiger partial charge in [0.05, 0.1) is 15.5 Å². The Balaban J connectivity index is 0.00000272. The Morgan fingerprint density at radius 2 is 1.24 bits per heavy atom. The second kappa shape index (κ2) is 10.8. The van der Waals surface area contributed by atoms with E-state index in [1.54, 1.807) is 0 Å². The first-order chi connectivity index (χ1) is 14.2. The first kappa shape index (κ1) is 30.1. The molecule has 3 aromatic rings. The van der Waals surface area contributed by atoms with Crippen molar-refractivity contribution in [2.75, 3.05) is 0 Å². The Labute approximate surface area is 232 Å². The number of nitrogens with zero attached hydrogens (tertiary/aromatic N) is 2. The van der Waals surface area contributed by atoms with E-state index in [9.17, 15) is 44.0 Å². The summed E-state index contributed by atoms with van der Waals surface area (Å²) in [6.07, 6.45) is 0. The molecule has 0 amide bonds. The molecule has 0 aliphatic rings. The van der Waals surface area contributed by atoms with Crippen molar-refractivity contribution in [1.29, 1.82) is 0 Å². The van der Waals surface area contributed by atoms with E-state index < -0.39 is 56.5 Å². The van der Waals surface area contributed by atoms with Gasteiger partial charge in [0.15, 0.2) is 5.75 Å². The second-order valence-corrected chi connectivity index (χ2v) is 10.2. The van der Waals surface area contributed by atoms with Gasteiger partial charge in [0.25, 0.3) is 10.1 Å². The van der Waals surface area contributed by atoms with Crippen molar-refractivity contribution in [2.45, 2.75) is 14.7 Å². The van der Waals surface area contributed by atoms with Crippen LogP contribution in [-0.4, -0.2) is 44.0 Å². The van der Waals surface area contributed by atoms with E-state index in [1.807, 2.05) is 0 Å². The quantitative estimate of drug-likeness (QED) is 0.185. The summed E-state index contributed by atoms with van der Waals surface area (Å²) in [5.41, 5.74) is -0.728. The average Bonchev–Trinajstić information content (AvgIpc) is 2.65. The van der Waals surface area contributed by atoms with E-state index in [1.165, 1.54) is 0 Å². The maximum absolute atomic E-state index is 11.8. The van der Waals surface area contributed by atoms with E-state index in [0.717, 1.165) is 48.5 Å². The van der Waals surface area contributed by atoms with E-state index in [0.29, 0.717) is 0 Å². The molecule has 12 nitrogen and oxygen atoms in total. The molecular formula is C16H10N2Na2O10S3. The van der Waals surface area contributed by atoms with Gasteiger partial charge in [-0.3, -0.25) is 4.55 Å². The molecule has 2 N–H and O–H groups in total. The number of phenolic OH excluding ortho intramolecular Hbond substituents is 1. The molecule has 33 heavy (non-hydrogen) atoms. The molecule has 0 aliphatic heterocycles. The SMILES string of the molecule is O=S(=O)([O-])c1ccc(N=Nc2c(S(=O)(=O)O)cc3cc(S(=O)(=O)[O-])ccc3c2O)cc1.[Na+].[Na+]. The maximum atomic E-state index is 11.8. The molecule has 0 saturated carbocycles. The van der Waals surface area contributed by atoms with Gasteiger partial charge in [-0.25, -0.2) is 16.8 Å². The van der Waals surface area contributed by atoms with Crippen molar-refractivity contribution in [1.82, 2.24) is 0 Å². The molecule has 164 valence electrons. The largest absolute Gasteiger partial charge is 1.00 e. The Hall–Kier alpha value is -0.950. The third kappa shape index (κ3) is 7.03. The van der Waals surface area contributed by atoms with Crippen LogP contribution >= 0.6 is 0 Å². The summed E-state index contributed by atoms with van der Waals surface area (Å²) in [7, 11) is -14.6. The topological polar surface area (TPSA) is 214 Å². The van der Waals surface area contributed by atoms with Gasteiger partial charge in [-0.05, 0) is 53.9 Å². The molecule has 0 bridgehead atoms. The molecule has 17 heteroatoms. The number of hydrogen-bond acceptors (Lipinski definition) is 11. The fourth-order valence-corrected chi connectivity index (χ4v) is 4.20. The van der Waals surface area contributed by atoms with Gasteiger partial charge >= 0.3 is 59.1 Å². The van der Waals surface area contributed by atoms with Gasteiger partial charge in [-0.15, -0.1) is 5.11 Å². The molecule has 0 radical (unpaired) electrons. The van der Waals surface area contributed by atoms with E-state index in [2.05, 4.69) is 10.2 Å². The Morgan fingerprint density at radius 1 is 0.727 bits per heavy atom. The number of benzene rings is 3. The molecule has 0 atom stereocenters. The van der Waals surface area contributed by atoms with Gasteiger partial charge < -0.3 is 14.2 Å². The summed E-state index contributed by atoms with van der Waals surface area (Å²) in [4.78, 5) is -2.16. The first-order valence-electron chi connectivity index (χ1n) is 7.89. The Morgan fingerprint density at radius 3 is 1.73 bits per heavy atom. The maximum Gasteiger partial charge on any atom is 1.00 e. The number of hydrogen-bond donors (Lipinski definition) is 2. The minimum Gasteiger partial charge on any atom is -0.744 e. The molecule has 0 unspecified atom stereocenters. The predicted octanol–water partition coefficient (Wildman–Crippen LogP) is -3.98. The summed E-state index contributed by atoms with van der Waals surface area (Å²) < 4.78 is 99.4. The molecule has 0 spiro atoms. The number of rotatable bonds is 5. The molecule has 3 rings (SSSR count). The fourth-order valence-electron chi connectivity index (χ4n) is 2.57. The van der Waals surface area contributed by atoms with Crippen LogP contribution in [-0.2, 0) is 30.4 Å². The van der Waals surface area contributed by atoms with Crippen molar-refractivity contribution < 1.29 is 103 Å². The van der Waals surface area contributed by atoms with Crippen LogP contribution in [0.25, 0.3) is 10.8 Å². The van der Waals surface area contributed by atoms with Crippen molar-refractivity contribution in [3.05, 3.63) is 48.5 Å². The van der Waals surface area contributed by atoms with Crippen LogP contribution in [0.15, 0.2) is 73.4 Å². The Kier molecular flexibility index (Phi) is 9.81. The van der Waals surface area contributed by atoms with Gasteiger partial charge in [-0.1, -0.05) is 0 Å². The minimum atomic E-state index is -4.99. The number of phenols is 1. The summed E-state index contributed by atoms with van der Waals surface area (Å²) in [5, 5.41) is 17.4. The molecule has 0 aliphatic carbocycles. The molecule has 0 saturated heterocycles. The minimum absolute atomic E-state index is 0. The second-order valence-electron chi connectivity index (χ2n) is 6.03. The zero-order chi connectivity index (χ0) is 23.2. The first-order valence-corrected chi connectivity index (χ1v) is 12.1. The van der Waals surface area contributed by atoms with Crippen molar-refractivity contribution >= 4 is 52.5 Å². The zero-order valence-electron chi connectivity index (χ0n) is 16.9. The van der Waals surface area contributed by atoms with Crippen LogP contribution in [0, 0.1) is 0 Å². The van der Waals surface area contributed by atoms with E-state index in [-0.39, 0.29) is 75.6 Å². The van der Waals surface area contributed by atoms with Crippen LogP contribution in [0.2, 0.25) is 0 Å². The van der Waals surface area contributed by atoms with Crippen LogP contribution < -0.4 is 59.1 Å². The van der Waals surface area contributed by atoms with Crippen molar-refractivity contribution in [3.63, 3.8) is 0 Å². The van der Waals surface area contributed by atoms with Gasteiger partial charge in [-0.2, -0.15) is 13.5 Å². The predicted molar refractivity (Wildman–Crippen MR) is 102 cm³/mol. The molecular weight excluding hydrogens is 522 g/mol. The molecule has 0 fully saturated rings. The van der Waals surface area contributed by atoms with Crippen LogP contribution in [0.3, 0.4) is 0 Å². The van der Waals surface area contributed by atoms with E-state index >= 15 is 0 Å². The summed E-state index contributed by atoms with van der Waals surface area (Å²) in [6, 6.07) is 7.58. The van der Waals surface area contributed by atoms with Crippen molar-refractivity contribution in [3.8, 4) is 5.75 Å². The molecule has 0 heterocycles. The summed E-state index contributed by atoms with van der Waals surface area (Å²) >= 11 is 0. The summed E-state index contributed by atoms with van der Waals surface area (Å²) in [6.45, 7) is 0. The van der Waals surface area contributed by atoms with Crippen molar-refractivity contribution in [2.24, 2.45) is 10.2 Å². The van der Waals surface area contributed by atoms with Gasteiger partial charge in [0.2, 0.25) is 0 Å². The van der Waals surface area contributed by atoms with E-state index in [4.69, 9.17) is 0 Å². The fraction of sp³-hybridized carbons (Fsp3) is 0. The number of aromatic hydroxyl groups is 1. The third-order valence-corrected chi connectivity index (χ3v) is 6.53. The van der Waals surface area contributed by atoms with Crippen LogP contribution in [0.4, 0.5) is 11.4 Å². The van der Waals surface area contributed by atoms with Crippen LogP contribution in [0.5, 0.6) is 5.75 Å². The number of azo groups is 1. The zero-order valence-corrected chi connectivity index (χ0v) is 23.3. The number of fused-ring (bicyclic) bond motifs is 1. The van der Waals surface area contributed by atoms with Gasteiger partial charge in [0, 0.05) is 5.39 Å². The smallest absolute Gasteiger partial charge is 0.744 e.